The minimum Gasteiger partial charge on any atom is -0.356 e. The highest BCUT2D eigenvalue weighted by molar-refractivity contribution is 9.10. The van der Waals surface area contributed by atoms with E-state index in [1.54, 1.807) is 18.2 Å². The number of hydrogen-bond acceptors (Lipinski definition) is 2. The molecule has 2 aromatic rings. The van der Waals surface area contributed by atoms with Crippen LogP contribution in [0, 0.1) is 0 Å². The number of thiocarbonyl (C=S) groups is 1. The van der Waals surface area contributed by atoms with E-state index >= 15 is 0 Å². The van der Waals surface area contributed by atoms with Crippen molar-refractivity contribution in [2.75, 3.05) is 0 Å². The van der Waals surface area contributed by atoms with Crippen molar-refractivity contribution in [3.05, 3.63) is 69.2 Å². The second-order valence-corrected chi connectivity index (χ2v) is 6.42. The van der Waals surface area contributed by atoms with Gasteiger partial charge in [-0.2, -0.15) is 0 Å². The van der Waals surface area contributed by atoms with E-state index in [-0.39, 0.29) is 17.1 Å². The molecule has 0 fully saturated rings. The molecule has 0 aliphatic carbocycles. The van der Waals surface area contributed by atoms with Crippen molar-refractivity contribution in [2.45, 2.75) is 13.0 Å². The molecule has 0 saturated heterocycles. The van der Waals surface area contributed by atoms with E-state index in [9.17, 15) is 4.79 Å². The van der Waals surface area contributed by atoms with E-state index in [2.05, 4.69) is 26.6 Å². The Kier molecular flexibility index (Phi) is 5.94. The maximum Gasteiger partial charge on any atom is 0.258 e. The van der Waals surface area contributed by atoms with Gasteiger partial charge in [-0.25, -0.2) is 0 Å². The lowest BCUT2D eigenvalue weighted by Gasteiger charge is -2.17. The number of carbonyl (C=O) groups excluding carboxylic acids is 1. The predicted molar refractivity (Wildman–Crippen MR) is 97.2 cm³/mol. The van der Waals surface area contributed by atoms with E-state index in [1.165, 1.54) is 0 Å². The van der Waals surface area contributed by atoms with Crippen LogP contribution in [0.1, 0.15) is 28.9 Å². The first kappa shape index (κ1) is 16.9. The summed E-state index contributed by atoms with van der Waals surface area (Å²) in [6, 6.07) is 14.9. The molecule has 0 heterocycles. The first-order chi connectivity index (χ1) is 10.5. The Morgan fingerprint density at radius 2 is 1.91 bits per heavy atom. The molecule has 114 valence electrons. The van der Waals surface area contributed by atoms with Gasteiger partial charge in [0.15, 0.2) is 5.11 Å². The zero-order valence-electron chi connectivity index (χ0n) is 11.8. The minimum absolute atomic E-state index is 0.00742. The van der Waals surface area contributed by atoms with E-state index in [1.807, 2.05) is 37.3 Å². The monoisotopic (exact) mass is 396 g/mol. The molecule has 1 atom stereocenters. The van der Waals surface area contributed by atoms with Crippen molar-refractivity contribution < 1.29 is 4.79 Å². The van der Waals surface area contributed by atoms with Gasteiger partial charge in [-0.1, -0.05) is 57.9 Å². The lowest BCUT2D eigenvalue weighted by Crippen LogP contribution is -2.40. The van der Waals surface area contributed by atoms with Crippen LogP contribution in [0.5, 0.6) is 0 Å². The molecule has 0 bridgehead atoms. The Morgan fingerprint density at radius 1 is 1.23 bits per heavy atom. The lowest BCUT2D eigenvalue weighted by atomic mass is 10.1. The van der Waals surface area contributed by atoms with Gasteiger partial charge in [-0.3, -0.25) is 10.1 Å². The summed E-state index contributed by atoms with van der Waals surface area (Å²) in [6.45, 7) is 1.97. The highest BCUT2D eigenvalue weighted by atomic mass is 79.9. The van der Waals surface area contributed by atoms with Gasteiger partial charge in [-0.05, 0) is 42.9 Å². The van der Waals surface area contributed by atoms with Crippen molar-refractivity contribution in [1.29, 1.82) is 0 Å². The van der Waals surface area contributed by atoms with Crippen LogP contribution in [0.4, 0.5) is 0 Å². The average Bonchev–Trinajstić information content (AvgIpc) is 2.50. The minimum atomic E-state index is -0.343. The van der Waals surface area contributed by atoms with E-state index in [0.29, 0.717) is 10.6 Å². The smallest absolute Gasteiger partial charge is 0.258 e. The van der Waals surface area contributed by atoms with Crippen LogP contribution in [0.15, 0.2) is 53.0 Å². The molecule has 0 aliphatic rings. The molecule has 0 aromatic heterocycles. The van der Waals surface area contributed by atoms with Crippen LogP contribution < -0.4 is 10.6 Å². The number of amides is 1. The molecular weight excluding hydrogens is 384 g/mol. The summed E-state index contributed by atoms with van der Waals surface area (Å²) in [6.07, 6.45) is 0. The number of halogens is 2. The average molecular weight is 398 g/mol. The highest BCUT2D eigenvalue weighted by Crippen LogP contribution is 2.20. The summed E-state index contributed by atoms with van der Waals surface area (Å²) < 4.78 is 0.776. The van der Waals surface area contributed by atoms with Crippen molar-refractivity contribution in [1.82, 2.24) is 10.6 Å². The van der Waals surface area contributed by atoms with Gasteiger partial charge in [0.05, 0.1) is 16.6 Å². The second kappa shape index (κ2) is 7.72. The molecule has 2 aromatic carbocycles. The quantitative estimate of drug-likeness (QED) is 0.751. The summed E-state index contributed by atoms with van der Waals surface area (Å²) >= 11 is 14.5. The highest BCUT2D eigenvalue weighted by Gasteiger charge is 2.14. The van der Waals surface area contributed by atoms with Gasteiger partial charge in [-0.15, -0.1) is 0 Å². The van der Waals surface area contributed by atoms with Gasteiger partial charge in [0.25, 0.3) is 5.91 Å². The van der Waals surface area contributed by atoms with Crippen LogP contribution in [-0.4, -0.2) is 11.0 Å². The molecule has 0 saturated carbocycles. The van der Waals surface area contributed by atoms with Gasteiger partial charge in [0, 0.05) is 4.47 Å². The lowest BCUT2D eigenvalue weighted by molar-refractivity contribution is 0.0976. The fourth-order valence-electron chi connectivity index (χ4n) is 1.90. The number of nitrogens with one attached hydrogen (secondary N) is 2. The van der Waals surface area contributed by atoms with Crippen molar-refractivity contribution in [3.8, 4) is 0 Å². The normalized spacial score (nSPS) is 11.6. The fourth-order valence-corrected chi connectivity index (χ4v) is 2.73. The first-order valence-electron chi connectivity index (χ1n) is 6.59. The summed E-state index contributed by atoms with van der Waals surface area (Å²) in [5, 5.41) is 6.35. The largest absolute Gasteiger partial charge is 0.356 e. The molecule has 1 unspecified atom stereocenters. The molecule has 0 aliphatic heterocycles. The third kappa shape index (κ3) is 4.53. The standard InChI is InChI=1S/C16H14BrClN2OS/c1-10(11-5-3-2-4-6-11)19-16(22)20-15(21)13-9-12(17)7-8-14(13)18/h2-10H,1H3,(H2,19,20,21,22). The maximum atomic E-state index is 12.2. The molecule has 6 heteroatoms. The van der Waals surface area contributed by atoms with Crippen LogP contribution in [0.25, 0.3) is 0 Å². The number of hydrogen-bond donors (Lipinski definition) is 2. The Labute approximate surface area is 148 Å². The summed E-state index contributed by atoms with van der Waals surface area (Å²) in [5.74, 6) is -0.343. The SMILES string of the molecule is CC(NC(=S)NC(=O)c1cc(Br)ccc1Cl)c1ccccc1. The van der Waals surface area contributed by atoms with Gasteiger partial charge >= 0.3 is 0 Å². The Bertz CT molecular complexity index is 694. The van der Waals surface area contributed by atoms with Crippen molar-refractivity contribution in [2.24, 2.45) is 0 Å². The second-order valence-electron chi connectivity index (χ2n) is 4.68. The van der Waals surface area contributed by atoms with Crippen molar-refractivity contribution in [3.63, 3.8) is 0 Å². The van der Waals surface area contributed by atoms with Crippen LogP contribution in [-0.2, 0) is 0 Å². The van der Waals surface area contributed by atoms with Crippen LogP contribution in [0.3, 0.4) is 0 Å². The third-order valence-corrected chi connectivity index (χ3v) is 4.09. The Hall–Kier alpha value is -1.43. The topological polar surface area (TPSA) is 41.1 Å². The first-order valence-corrected chi connectivity index (χ1v) is 8.17. The number of benzene rings is 2. The van der Waals surface area contributed by atoms with Crippen LogP contribution in [0.2, 0.25) is 5.02 Å². The van der Waals surface area contributed by atoms with E-state index in [0.717, 1.165) is 10.0 Å². The zero-order valence-corrected chi connectivity index (χ0v) is 14.9. The number of rotatable bonds is 3. The summed E-state index contributed by atoms with van der Waals surface area (Å²) in [7, 11) is 0. The molecule has 1 amide bonds. The van der Waals surface area contributed by atoms with Gasteiger partial charge < -0.3 is 5.32 Å². The third-order valence-electron chi connectivity index (χ3n) is 3.05. The Balaban J connectivity index is 2.00. The molecule has 0 radical (unpaired) electrons. The predicted octanol–water partition coefficient (Wildman–Crippen LogP) is 4.47. The van der Waals surface area contributed by atoms with Crippen LogP contribution >= 0.6 is 39.7 Å². The number of carbonyl (C=O) groups is 1. The Morgan fingerprint density at radius 3 is 2.59 bits per heavy atom. The fraction of sp³-hybridized carbons (Fsp3) is 0.125. The van der Waals surface area contributed by atoms with Crippen molar-refractivity contribution >= 4 is 50.8 Å². The molecule has 2 rings (SSSR count). The molecular formula is C16H14BrClN2OS. The van der Waals surface area contributed by atoms with Gasteiger partial charge in [0.1, 0.15) is 0 Å². The maximum absolute atomic E-state index is 12.2. The molecule has 3 nitrogen and oxygen atoms in total. The van der Waals surface area contributed by atoms with E-state index < -0.39 is 0 Å². The molecule has 2 N–H and O–H groups in total. The zero-order chi connectivity index (χ0) is 16.1. The molecule has 0 spiro atoms. The summed E-state index contributed by atoms with van der Waals surface area (Å²) in [4.78, 5) is 12.2. The molecule has 22 heavy (non-hydrogen) atoms. The van der Waals surface area contributed by atoms with Gasteiger partial charge in [0.2, 0.25) is 0 Å². The van der Waals surface area contributed by atoms with E-state index in [4.69, 9.17) is 23.8 Å². The summed E-state index contributed by atoms with van der Waals surface area (Å²) in [5.41, 5.74) is 1.45.